The van der Waals surface area contributed by atoms with Crippen LogP contribution in [0.5, 0.6) is 0 Å². The normalized spacial score (nSPS) is 37.8. The zero-order valence-electron chi connectivity index (χ0n) is 16.1. The molecule has 2 atom stereocenters. The topological polar surface area (TPSA) is 23.8 Å². The summed E-state index contributed by atoms with van der Waals surface area (Å²) < 4.78 is 0. The molecule has 0 N–H and O–H groups in total. The molecule has 0 aromatic rings. The number of rotatable bonds is 6. The van der Waals surface area contributed by atoms with Crippen LogP contribution in [-0.4, -0.2) is 0 Å². The lowest BCUT2D eigenvalue weighted by atomic mass is 9.59. The summed E-state index contributed by atoms with van der Waals surface area (Å²) in [6.45, 7) is 9.54. The third-order valence-electron chi connectivity index (χ3n) is 7.56. The van der Waals surface area contributed by atoms with Crippen LogP contribution >= 0.6 is 0 Å². The molecule has 2 unspecified atom stereocenters. The van der Waals surface area contributed by atoms with Crippen molar-refractivity contribution in [2.45, 2.75) is 98.3 Å². The largest absolute Gasteiger partial charge is 0.198 e. The molecule has 0 spiro atoms. The molecule has 0 saturated heterocycles. The van der Waals surface area contributed by atoms with E-state index in [2.05, 4.69) is 33.8 Å². The van der Waals surface area contributed by atoms with Crippen LogP contribution in [0.1, 0.15) is 98.3 Å². The number of nitriles is 1. The minimum absolute atomic E-state index is 0.0348. The second-order valence-corrected chi connectivity index (χ2v) is 9.13. The van der Waals surface area contributed by atoms with Crippen LogP contribution in [0.3, 0.4) is 0 Å². The van der Waals surface area contributed by atoms with Crippen molar-refractivity contribution in [2.75, 3.05) is 0 Å². The van der Waals surface area contributed by atoms with E-state index in [1.165, 1.54) is 70.6 Å². The van der Waals surface area contributed by atoms with Gasteiger partial charge in [-0.25, -0.2) is 0 Å². The Labute approximate surface area is 145 Å². The maximum absolute atomic E-state index is 9.94. The highest BCUT2D eigenvalue weighted by molar-refractivity contribution is 5.06. The van der Waals surface area contributed by atoms with Crippen molar-refractivity contribution >= 4 is 0 Å². The van der Waals surface area contributed by atoms with Crippen molar-refractivity contribution in [3.8, 4) is 6.07 Å². The van der Waals surface area contributed by atoms with Crippen LogP contribution < -0.4 is 0 Å². The molecule has 1 nitrogen and oxygen atoms in total. The van der Waals surface area contributed by atoms with Crippen LogP contribution in [0.25, 0.3) is 0 Å². The summed E-state index contributed by atoms with van der Waals surface area (Å²) in [4.78, 5) is 0. The van der Waals surface area contributed by atoms with E-state index in [1.807, 2.05) is 0 Å². The first kappa shape index (κ1) is 18.8. The number of hydrogen-bond acceptors (Lipinski definition) is 1. The Hall–Kier alpha value is -0.510. The molecule has 23 heavy (non-hydrogen) atoms. The highest BCUT2D eigenvalue weighted by atomic mass is 14.5. The van der Waals surface area contributed by atoms with Gasteiger partial charge < -0.3 is 0 Å². The predicted molar refractivity (Wildman–Crippen MR) is 99.0 cm³/mol. The average Bonchev–Trinajstić information content (AvgIpc) is 2.60. The average molecular weight is 318 g/mol. The van der Waals surface area contributed by atoms with Crippen LogP contribution in [0.15, 0.2) is 0 Å². The fourth-order valence-electron chi connectivity index (χ4n) is 5.14. The summed E-state index contributed by atoms with van der Waals surface area (Å²) in [5.41, 5.74) is 0.0348. The summed E-state index contributed by atoms with van der Waals surface area (Å²) in [5.74, 6) is 4.19. The van der Waals surface area contributed by atoms with E-state index in [1.54, 1.807) is 0 Å². The van der Waals surface area contributed by atoms with E-state index in [4.69, 9.17) is 0 Å². The first-order chi connectivity index (χ1) is 11.0. The van der Waals surface area contributed by atoms with Crippen LogP contribution in [0, 0.1) is 46.3 Å². The second kappa shape index (κ2) is 8.55. The molecule has 132 valence electrons. The van der Waals surface area contributed by atoms with Crippen molar-refractivity contribution in [1.29, 1.82) is 5.26 Å². The standard InChI is InChI=1S/C22H39N/c1-5-17(2)6-9-19(4)20-12-14-22(16-23,15-13-20)21-10-7-18(3)8-11-21/h17-21H,5-15H2,1-4H3. The van der Waals surface area contributed by atoms with Gasteiger partial charge in [0, 0.05) is 0 Å². The summed E-state index contributed by atoms with van der Waals surface area (Å²) in [6.07, 6.45) is 14.4. The third kappa shape index (κ3) is 4.74. The Balaban J connectivity index is 1.84. The van der Waals surface area contributed by atoms with Gasteiger partial charge in [0.25, 0.3) is 0 Å². The Kier molecular flexibility index (Phi) is 7.00. The predicted octanol–water partition coefficient (Wildman–Crippen LogP) is 6.98. The van der Waals surface area contributed by atoms with Gasteiger partial charge in [0.2, 0.25) is 0 Å². The minimum atomic E-state index is 0.0348. The Bertz CT molecular complexity index is 377. The highest BCUT2D eigenvalue weighted by Crippen LogP contribution is 2.51. The Morgan fingerprint density at radius 1 is 1.00 bits per heavy atom. The molecular weight excluding hydrogens is 278 g/mol. The molecule has 2 aliphatic rings. The third-order valence-corrected chi connectivity index (χ3v) is 7.56. The van der Waals surface area contributed by atoms with E-state index in [-0.39, 0.29) is 5.41 Å². The van der Waals surface area contributed by atoms with E-state index in [0.29, 0.717) is 5.92 Å². The Morgan fingerprint density at radius 3 is 2.13 bits per heavy atom. The van der Waals surface area contributed by atoms with Crippen molar-refractivity contribution in [3.63, 3.8) is 0 Å². The van der Waals surface area contributed by atoms with Crippen LogP contribution in [0.2, 0.25) is 0 Å². The van der Waals surface area contributed by atoms with Gasteiger partial charge in [-0.2, -0.15) is 5.26 Å². The lowest BCUT2D eigenvalue weighted by Crippen LogP contribution is -2.37. The molecule has 0 radical (unpaired) electrons. The SMILES string of the molecule is CCC(C)CCC(C)C1CCC(C#N)(C2CCC(C)CC2)CC1. The van der Waals surface area contributed by atoms with Gasteiger partial charge in [0.15, 0.2) is 0 Å². The fraction of sp³-hybridized carbons (Fsp3) is 0.955. The Morgan fingerprint density at radius 2 is 1.61 bits per heavy atom. The van der Waals surface area contributed by atoms with Gasteiger partial charge >= 0.3 is 0 Å². The van der Waals surface area contributed by atoms with E-state index in [0.717, 1.165) is 23.7 Å². The van der Waals surface area contributed by atoms with Gasteiger partial charge in [-0.3, -0.25) is 0 Å². The molecule has 2 fully saturated rings. The molecular formula is C22H39N. The first-order valence-corrected chi connectivity index (χ1v) is 10.4. The summed E-state index contributed by atoms with van der Waals surface area (Å²) in [6, 6.07) is 2.82. The van der Waals surface area contributed by atoms with Gasteiger partial charge in [0.1, 0.15) is 0 Å². The quantitative estimate of drug-likeness (QED) is 0.518. The smallest absolute Gasteiger partial charge is 0.0692 e. The molecule has 2 rings (SSSR count). The minimum Gasteiger partial charge on any atom is -0.198 e. The van der Waals surface area contributed by atoms with Crippen molar-refractivity contribution in [3.05, 3.63) is 0 Å². The van der Waals surface area contributed by atoms with Gasteiger partial charge in [-0.1, -0.05) is 59.8 Å². The van der Waals surface area contributed by atoms with Crippen LogP contribution in [-0.2, 0) is 0 Å². The number of nitrogens with zero attached hydrogens (tertiary/aromatic N) is 1. The monoisotopic (exact) mass is 317 g/mol. The molecule has 0 aliphatic heterocycles. The van der Waals surface area contributed by atoms with Gasteiger partial charge in [-0.05, 0) is 68.1 Å². The maximum atomic E-state index is 9.94. The molecule has 0 amide bonds. The molecule has 0 aromatic heterocycles. The summed E-state index contributed by atoms with van der Waals surface area (Å²) in [7, 11) is 0. The molecule has 2 saturated carbocycles. The fourth-order valence-corrected chi connectivity index (χ4v) is 5.14. The van der Waals surface area contributed by atoms with E-state index >= 15 is 0 Å². The zero-order valence-corrected chi connectivity index (χ0v) is 16.1. The van der Waals surface area contributed by atoms with E-state index in [9.17, 15) is 5.26 Å². The van der Waals surface area contributed by atoms with Gasteiger partial charge in [0.05, 0.1) is 11.5 Å². The van der Waals surface area contributed by atoms with E-state index < -0.39 is 0 Å². The maximum Gasteiger partial charge on any atom is 0.0692 e. The number of hydrogen-bond donors (Lipinski definition) is 0. The molecule has 0 bridgehead atoms. The summed E-state index contributed by atoms with van der Waals surface area (Å²) >= 11 is 0. The summed E-state index contributed by atoms with van der Waals surface area (Å²) in [5, 5.41) is 9.94. The zero-order chi connectivity index (χ0) is 16.9. The van der Waals surface area contributed by atoms with Crippen molar-refractivity contribution < 1.29 is 0 Å². The lowest BCUT2D eigenvalue weighted by molar-refractivity contribution is 0.0753. The highest BCUT2D eigenvalue weighted by Gasteiger charge is 2.43. The molecule has 0 heterocycles. The van der Waals surface area contributed by atoms with Crippen LogP contribution in [0.4, 0.5) is 0 Å². The van der Waals surface area contributed by atoms with Crippen molar-refractivity contribution in [1.82, 2.24) is 0 Å². The molecule has 2 aliphatic carbocycles. The second-order valence-electron chi connectivity index (χ2n) is 9.13. The molecule has 0 aromatic carbocycles. The van der Waals surface area contributed by atoms with Crippen molar-refractivity contribution in [2.24, 2.45) is 35.0 Å². The van der Waals surface area contributed by atoms with Gasteiger partial charge in [-0.15, -0.1) is 0 Å². The first-order valence-electron chi connectivity index (χ1n) is 10.4. The lowest BCUT2D eigenvalue weighted by Gasteiger charge is -2.44. The molecule has 1 heteroatoms.